The van der Waals surface area contributed by atoms with Crippen molar-refractivity contribution in [1.82, 2.24) is 30.7 Å². The zero-order valence-electron chi connectivity index (χ0n) is 14.2. The van der Waals surface area contributed by atoms with Crippen molar-refractivity contribution in [2.45, 2.75) is 18.5 Å². The highest BCUT2D eigenvalue weighted by Crippen LogP contribution is 2.35. The van der Waals surface area contributed by atoms with E-state index in [-0.39, 0.29) is 12.1 Å². The van der Waals surface area contributed by atoms with Gasteiger partial charge in [-0.2, -0.15) is 9.61 Å². The fraction of sp³-hybridized carbons (Fsp3) is 0.167. The highest BCUT2D eigenvalue weighted by Gasteiger charge is 2.29. The first-order valence-electron chi connectivity index (χ1n) is 8.52. The van der Waals surface area contributed by atoms with E-state index in [0.717, 1.165) is 22.0 Å². The number of hydrogen-bond acceptors (Lipinski definition) is 6. The molecule has 142 valence electrons. The fourth-order valence-electron chi connectivity index (χ4n) is 3.24. The summed E-state index contributed by atoms with van der Waals surface area (Å²) in [6.45, 7) is 0. The van der Waals surface area contributed by atoms with Crippen LogP contribution in [0.5, 0.6) is 0 Å². The van der Waals surface area contributed by atoms with Gasteiger partial charge >= 0.3 is 0 Å². The minimum atomic E-state index is 0.0703. The van der Waals surface area contributed by atoms with Crippen molar-refractivity contribution in [2.75, 3.05) is 0 Å². The summed E-state index contributed by atoms with van der Waals surface area (Å²) in [6.07, 6.45) is 0.864. The van der Waals surface area contributed by atoms with Crippen LogP contribution in [0.3, 0.4) is 0 Å². The van der Waals surface area contributed by atoms with Gasteiger partial charge in [0.25, 0.3) is 0 Å². The molecule has 28 heavy (non-hydrogen) atoms. The van der Waals surface area contributed by atoms with Crippen molar-refractivity contribution in [3.8, 4) is 11.4 Å². The maximum Gasteiger partial charge on any atom is 0.235 e. The Bertz CT molecular complexity index is 1160. The Morgan fingerprint density at radius 2 is 1.68 bits per heavy atom. The second-order valence-corrected chi connectivity index (χ2v) is 8.73. The summed E-state index contributed by atoms with van der Waals surface area (Å²) in [4.78, 5) is 0.716. The lowest BCUT2D eigenvalue weighted by molar-refractivity contribution is 0.551. The maximum atomic E-state index is 6.33. The Morgan fingerprint density at radius 3 is 2.46 bits per heavy atom. The van der Waals surface area contributed by atoms with Crippen LogP contribution in [-0.4, -0.2) is 19.8 Å². The average Bonchev–Trinajstić information content (AvgIpc) is 3.38. The molecule has 1 aliphatic rings. The third-order valence-electron chi connectivity index (χ3n) is 4.65. The third-order valence-corrected chi connectivity index (χ3v) is 6.46. The van der Waals surface area contributed by atoms with Crippen LogP contribution in [0.1, 0.15) is 29.1 Å². The summed E-state index contributed by atoms with van der Waals surface area (Å²) in [6, 6.07) is 13.4. The minimum absolute atomic E-state index is 0.0703. The first-order valence-corrected chi connectivity index (χ1v) is 10.5. The molecule has 5 rings (SSSR count). The standard InChI is InChI=1S/C18H13Cl3N6S/c19-10-3-1-9(2-4-10)14-8-15(23-22-14)17-26-27-16(24-25-18(27)28-17)12-6-5-11(20)7-13(12)21/h1-7,14-15,22-23H,8H2. The largest absolute Gasteiger partial charge is 0.250 e. The number of hydrazine groups is 1. The van der Waals surface area contributed by atoms with Gasteiger partial charge in [-0.15, -0.1) is 10.2 Å². The topological polar surface area (TPSA) is 67.1 Å². The summed E-state index contributed by atoms with van der Waals surface area (Å²) in [5.74, 6) is 0.597. The van der Waals surface area contributed by atoms with Crippen molar-refractivity contribution in [1.29, 1.82) is 0 Å². The minimum Gasteiger partial charge on any atom is -0.250 e. The van der Waals surface area contributed by atoms with Gasteiger partial charge in [-0.05, 0) is 42.3 Å². The van der Waals surface area contributed by atoms with E-state index in [1.807, 2.05) is 30.3 Å². The number of aromatic nitrogens is 4. The van der Waals surface area contributed by atoms with Crippen LogP contribution >= 0.6 is 46.1 Å². The number of rotatable bonds is 3. The molecule has 0 spiro atoms. The van der Waals surface area contributed by atoms with E-state index in [4.69, 9.17) is 39.9 Å². The highest BCUT2D eigenvalue weighted by atomic mass is 35.5. The fourth-order valence-corrected chi connectivity index (χ4v) is 4.76. The maximum absolute atomic E-state index is 6.33. The monoisotopic (exact) mass is 450 g/mol. The van der Waals surface area contributed by atoms with Crippen molar-refractivity contribution >= 4 is 51.1 Å². The van der Waals surface area contributed by atoms with Crippen LogP contribution in [0.4, 0.5) is 0 Å². The van der Waals surface area contributed by atoms with Gasteiger partial charge in [-0.25, -0.2) is 10.9 Å². The lowest BCUT2D eigenvalue weighted by Gasteiger charge is -2.09. The number of nitrogens with zero attached hydrogens (tertiary/aromatic N) is 4. The van der Waals surface area contributed by atoms with Gasteiger partial charge < -0.3 is 0 Å². The second kappa shape index (κ2) is 7.26. The molecule has 3 heterocycles. The lowest BCUT2D eigenvalue weighted by atomic mass is 10.0. The van der Waals surface area contributed by atoms with Gasteiger partial charge in [0.1, 0.15) is 5.01 Å². The van der Waals surface area contributed by atoms with Crippen molar-refractivity contribution in [3.05, 3.63) is 68.1 Å². The van der Waals surface area contributed by atoms with Crippen LogP contribution in [0, 0.1) is 0 Å². The summed E-state index contributed by atoms with van der Waals surface area (Å²) in [5.41, 5.74) is 8.58. The number of fused-ring (bicyclic) bond motifs is 1. The molecular formula is C18H13Cl3N6S. The molecular weight excluding hydrogens is 439 g/mol. The summed E-state index contributed by atoms with van der Waals surface area (Å²) < 4.78 is 1.73. The van der Waals surface area contributed by atoms with E-state index in [1.54, 1.807) is 16.6 Å². The Morgan fingerprint density at radius 1 is 0.929 bits per heavy atom. The van der Waals surface area contributed by atoms with Crippen LogP contribution in [-0.2, 0) is 0 Å². The molecule has 2 aromatic heterocycles. The predicted octanol–water partition coefficient (Wildman–Crippen LogP) is 5.09. The van der Waals surface area contributed by atoms with Crippen LogP contribution in [0.15, 0.2) is 42.5 Å². The summed E-state index contributed by atoms with van der Waals surface area (Å²) >= 11 is 19.8. The summed E-state index contributed by atoms with van der Waals surface area (Å²) in [5, 5.41) is 16.0. The zero-order valence-corrected chi connectivity index (χ0v) is 17.3. The van der Waals surface area contributed by atoms with Crippen LogP contribution < -0.4 is 10.9 Å². The van der Waals surface area contributed by atoms with Crippen LogP contribution in [0.25, 0.3) is 16.3 Å². The smallest absolute Gasteiger partial charge is 0.235 e. The molecule has 2 N–H and O–H groups in total. The van der Waals surface area contributed by atoms with Gasteiger partial charge in [0.2, 0.25) is 4.96 Å². The molecule has 0 radical (unpaired) electrons. The van der Waals surface area contributed by atoms with Crippen molar-refractivity contribution in [3.63, 3.8) is 0 Å². The molecule has 2 unspecified atom stereocenters. The number of halogens is 3. The van der Waals surface area contributed by atoms with E-state index >= 15 is 0 Å². The van der Waals surface area contributed by atoms with Gasteiger partial charge in [0, 0.05) is 21.7 Å². The predicted molar refractivity (Wildman–Crippen MR) is 112 cm³/mol. The van der Waals surface area contributed by atoms with Gasteiger partial charge in [0.05, 0.1) is 11.1 Å². The first-order chi connectivity index (χ1) is 13.6. The quantitative estimate of drug-likeness (QED) is 0.454. The van der Waals surface area contributed by atoms with E-state index in [9.17, 15) is 0 Å². The number of benzene rings is 2. The van der Waals surface area contributed by atoms with Crippen molar-refractivity contribution < 1.29 is 0 Å². The summed E-state index contributed by atoms with van der Waals surface area (Å²) in [7, 11) is 0. The lowest BCUT2D eigenvalue weighted by Crippen LogP contribution is -2.26. The zero-order chi connectivity index (χ0) is 19.3. The van der Waals surface area contributed by atoms with Gasteiger partial charge in [0.15, 0.2) is 5.82 Å². The Balaban J connectivity index is 1.43. The molecule has 1 saturated heterocycles. The van der Waals surface area contributed by atoms with Crippen molar-refractivity contribution in [2.24, 2.45) is 0 Å². The molecule has 6 nitrogen and oxygen atoms in total. The number of nitrogens with one attached hydrogen (secondary N) is 2. The van der Waals surface area contributed by atoms with Gasteiger partial charge in [-0.3, -0.25) is 0 Å². The molecule has 2 aromatic carbocycles. The molecule has 10 heteroatoms. The SMILES string of the molecule is Clc1ccc(C2CC(c3nn4c(-c5ccc(Cl)cc5Cl)nnc4s3)NN2)cc1. The Labute approximate surface area is 179 Å². The molecule has 4 aromatic rings. The molecule has 0 aliphatic carbocycles. The molecule has 1 fully saturated rings. The third kappa shape index (κ3) is 3.28. The number of hydrogen-bond donors (Lipinski definition) is 2. The molecule has 0 amide bonds. The van der Waals surface area contributed by atoms with E-state index in [0.29, 0.717) is 20.8 Å². The Kier molecular flexibility index (Phi) is 4.74. The second-order valence-electron chi connectivity index (χ2n) is 6.46. The molecule has 2 atom stereocenters. The van der Waals surface area contributed by atoms with E-state index in [1.165, 1.54) is 16.9 Å². The molecule has 0 bridgehead atoms. The van der Waals surface area contributed by atoms with E-state index in [2.05, 4.69) is 21.0 Å². The van der Waals surface area contributed by atoms with Crippen LogP contribution in [0.2, 0.25) is 15.1 Å². The normalized spacial score (nSPS) is 19.5. The average molecular weight is 452 g/mol. The molecule has 1 aliphatic heterocycles. The van der Waals surface area contributed by atoms with E-state index < -0.39 is 0 Å². The van der Waals surface area contributed by atoms with Gasteiger partial charge in [-0.1, -0.05) is 58.3 Å². The Hall–Kier alpha value is -1.74. The molecule has 0 saturated carbocycles. The highest BCUT2D eigenvalue weighted by molar-refractivity contribution is 7.16. The first kappa shape index (κ1) is 18.3.